The summed E-state index contributed by atoms with van der Waals surface area (Å²) >= 11 is -2.38. The van der Waals surface area contributed by atoms with Gasteiger partial charge in [-0.1, -0.05) is 0 Å². The molecule has 4 aromatic rings. The summed E-state index contributed by atoms with van der Waals surface area (Å²) in [6, 6.07) is 34.9. The summed E-state index contributed by atoms with van der Waals surface area (Å²) in [6.07, 6.45) is 4.96. The summed E-state index contributed by atoms with van der Waals surface area (Å²) in [6.45, 7) is 4.81. The number of fused-ring (bicyclic) bond motifs is 5. The molecule has 1 aliphatic heterocycles. The van der Waals surface area contributed by atoms with E-state index in [1.165, 1.54) is 16.7 Å². The van der Waals surface area contributed by atoms with Crippen LogP contribution in [-0.4, -0.2) is 9.52 Å². The third kappa shape index (κ3) is 3.05. The van der Waals surface area contributed by atoms with E-state index in [9.17, 15) is 0 Å². The molecule has 0 amide bonds. The van der Waals surface area contributed by atoms with Crippen LogP contribution in [0.2, 0.25) is 0 Å². The number of hydrogen-bond donors (Lipinski definition) is 0. The fourth-order valence-corrected chi connectivity index (χ4v) is 20.5. The van der Waals surface area contributed by atoms with E-state index in [-0.39, 0.29) is 0 Å². The molecule has 7 rings (SSSR count). The number of hydrogen-bond acceptors (Lipinski definition) is 0. The van der Waals surface area contributed by atoms with Gasteiger partial charge in [0.1, 0.15) is 0 Å². The van der Waals surface area contributed by atoms with E-state index in [1.807, 2.05) is 0 Å². The second-order valence-corrected chi connectivity index (χ2v) is 18.2. The van der Waals surface area contributed by atoms with E-state index in [1.54, 1.807) is 41.5 Å². The zero-order chi connectivity index (χ0) is 22.8. The molecule has 0 aromatic heterocycles. The molecule has 0 nitrogen and oxygen atoms in total. The molecule has 0 saturated carbocycles. The van der Waals surface area contributed by atoms with Crippen molar-refractivity contribution in [3.8, 4) is 11.1 Å². The number of rotatable bonds is 3. The van der Waals surface area contributed by atoms with Gasteiger partial charge in [0.2, 0.25) is 0 Å². The third-order valence-electron chi connectivity index (χ3n) is 8.07. The maximum atomic E-state index is 2.55. The van der Waals surface area contributed by atoms with Gasteiger partial charge in [-0.15, -0.1) is 0 Å². The topological polar surface area (TPSA) is 0 Å². The van der Waals surface area contributed by atoms with Crippen molar-refractivity contribution >= 4 is 35.3 Å². The first-order valence-electron chi connectivity index (χ1n) is 12.3. The van der Waals surface area contributed by atoms with Crippen molar-refractivity contribution in [3.05, 3.63) is 124 Å². The van der Waals surface area contributed by atoms with Gasteiger partial charge in [-0.3, -0.25) is 0 Å². The summed E-state index contributed by atoms with van der Waals surface area (Å²) in [5.74, 6) is 0. The van der Waals surface area contributed by atoms with Gasteiger partial charge in [0, 0.05) is 0 Å². The minimum absolute atomic E-state index is 0.460. The van der Waals surface area contributed by atoms with E-state index in [0.717, 1.165) is 0 Å². The number of allylic oxidation sites excluding steroid dienone is 2. The molecule has 0 bridgehead atoms. The van der Waals surface area contributed by atoms with E-state index >= 15 is 0 Å². The average Bonchev–Trinajstić information content (AvgIpc) is 3.51. The second-order valence-electron chi connectivity index (χ2n) is 10.0. The molecular weight excluding hydrogens is 504 g/mol. The van der Waals surface area contributed by atoms with Gasteiger partial charge in [-0.05, 0) is 0 Å². The van der Waals surface area contributed by atoms with Crippen molar-refractivity contribution in [2.45, 2.75) is 21.1 Å². The first kappa shape index (κ1) is 20.8. The van der Waals surface area contributed by atoms with Gasteiger partial charge in [0.15, 0.2) is 0 Å². The molecule has 0 spiro atoms. The molecule has 4 aromatic carbocycles. The molecule has 2 unspecified atom stereocenters. The zero-order valence-corrected chi connectivity index (χ0v) is 23.5. The fraction of sp³-hybridized carbons (Fsp3) is 0.125. The Balaban J connectivity index is 1.48. The third-order valence-corrected chi connectivity index (χ3v) is 20.6. The quantitative estimate of drug-likeness (QED) is 0.276. The zero-order valence-electron chi connectivity index (χ0n) is 19.7. The van der Waals surface area contributed by atoms with Crippen LogP contribution in [0, 0.1) is 0 Å². The molecule has 2 aliphatic carbocycles. The predicted molar refractivity (Wildman–Crippen MR) is 145 cm³/mol. The minimum atomic E-state index is -2.38. The Morgan fingerprint density at radius 2 is 1.15 bits per heavy atom. The Morgan fingerprint density at radius 3 is 1.82 bits per heavy atom. The van der Waals surface area contributed by atoms with E-state index in [2.05, 4.69) is 117 Å². The SMILES string of the molecule is CC1=Cc2ccccc2[CH]1[Zr]([c]1cccc2c1[SiH2]c1ccccc1-2)[CH]1C(C)=Cc2ccccc21. The van der Waals surface area contributed by atoms with Gasteiger partial charge < -0.3 is 0 Å². The Hall–Kier alpha value is -2.54. The van der Waals surface area contributed by atoms with Gasteiger partial charge >= 0.3 is 214 Å². The van der Waals surface area contributed by atoms with Gasteiger partial charge in [0.25, 0.3) is 0 Å². The molecular formula is C32H27SiZr. The van der Waals surface area contributed by atoms with Crippen molar-refractivity contribution in [1.29, 1.82) is 0 Å². The number of benzene rings is 4. The van der Waals surface area contributed by atoms with Crippen molar-refractivity contribution in [3.63, 3.8) is 0 Å². The second kappa shape index (κ2) is 8.01. The van der Waals surface area contributed by atoms with Crippen molar-refractivity contribution < 1.29 is 21.8 Å². The average molecular weight is 531 g/mol. The van der Waals surface area contributed by atoms with Crippen molar-refractivity contribution in [2.75, 3.05) is 0 Å². The molecule has 2 heteroatoms. The van der Waals surface area contributed by atoms with Gasteiger partial charge in [0.05, 0.1) is 0 Å². The fourth-order valence-electron chi connectivity index (χ4n) is 6.69. The molecule has 163 valence electrons. The van der Waals surface area contributed by atoms with Crippen LogP contribution >= 0.6 is 0 Å². The van der Waals surface area contributed by atoms with E-state index < -0.39 is 31.3 Å². The summed E-state index contributed by atoms with van der Waals surface area (Å²) in [7, 11) is -0.460. The monoisotopic (exact) mass is 529 g/mol. The first-order valence-corrected chi connectivity index (χ1v) is 17.8. The summed E-state index contributed by atoms with van der Waals surface area (Å²) in [5, 5.41) is 3.39. The van der Waals surface area contributed by atoms with Crippen LogP contribution in [0.1, 0.15) is 43.4 Å². The maximum absolute atomic E-state index is 2.55. The Morgan fingerprint density at radius 1 is 0.588 bits per heavy atom. The first-order chi connectivity index (χ1) is 16.7. The summed E-state index contributed by atoms with van der Waals surface area (Å²) in [5.41, 5.74) is 12.3. The summed E-state index contributed by atoms with van der Waals surface area (Å²) in [4.78, 5) is 0. The Labute approximate surface area is 212 Å². The molecule has 3 aliphatic rings. The van der Waals surface area contributed by atoms with E-state index in [4.69, 9.17) is 0 Å². The Kier molecular flexibility index (Phi) is 4.90. The van der Waals surface area contributed by atoms with Crippen LogP contribution in [-0.2, 0) is 21.8 Å². The van der Waals surface area contributed by atoms with Crippen molar-refractivity contribution in [2.24, 2.45) is 0 Å². The van der Waals surface area contributed by atoms with Crippen LogP contribution < -0.4 is 13.6 Å². The van der Waals surface area contributed by atoms with Gasteiger partial charge in [-0.2, -0.15) is 0 Å². The Bertz CT molecular complexity index is 1460. The predicted octanol–water partition coefficient (Wildman–Crippen LogP) is 5.35. The normalized spacial score (nSPS) is 19.8. The van der Waals surface area contributed by atoms with Crippen LogP contribution in [0.3, 0.4) is 0 Å². The van der Waals surface area contributed by atoms with E-state index in [0.29, 0.717) is 7.25 Å². The molecule has 34 heavy (non-hydrogen) atoms. The molecule has 0 radical (unpaired) electrons. The van der Waals surface area contributed by atoms with Gasteiger partial charge in [-0.25, -0.2) is 0 Å². The van der Waals surface area contributed by atoms with Crippen LogP contribution in [0.15, 0.2) is 102 Å². The molecule has 2 atom stereocenters. The molecule has 0 fully saturated rings. The van der Waals surface area contributed by atoms with Crippen LogP contribution in [0.5, 0.6) is 0 Å². The molecule has 1 heterocycles. The van der Waals surface area contributed by atoms with Crippen LogP contribution in [0.25, 0.3) is 23.3 Å². The summed E-state index contributed by atoms with van der Waals surface area (Å²) < 4.78 is 2.98. The van der Waals surface area contributed by atoms with Crippen LogP contribution in [0.4, 0.5) is 0 Å². The molecule has 0 N–H and O–H groups in total. The molecule has 0 saturated heterocycles. The standard InChI is InChI=1S/C12H9Si.2C10H9.Zr/c1-3-7-11-9(5-1)10-6-2-4-8-12(10)13-11;2*1-8-6-9-4-2-3-5-10(9)7-8;/h1-7H,13H2;2*2-7H,1H3;. The van der Waals surface area contributed by atoms with Crippen molar-refractivity contribution in [1.82, 2.24) is 0 Å².